The molecule has 0 aliphatic carbocycles. The van der Waals surface area contributed by atoms with Gasteiger partial charge in [-0.2, -0.15) is 0 Å². The first kappa shape index (κ1) is 19.2. The minimum absolute atomic E-state index is 0.00870. The van der Waals surface area contributed by atoms with Crippen molar-refractivity contribution in [2.45, 2.75) is 31.3 Å². The number of carbonyl (C=O) groups is 2. The second-order valence-corrected chi connectivity index (χ2v) is 10.3. The highest BCUT2D eigenvalue weighted by Crippen LogP contribution is 2.28. The van der Waals surface area contributed by atoms with Crippen LogP contribution in [0.5, 0.6) is 0 Å². The highest BCUT2D eigenvalue weighted by atomic mass is 32.2. The van der Waals surface area contributed by atoms with Gasteiger partial charge in [0.15, 0.2) is 9.84 Å². The molecule has 3 heterocycles. The number of amides is 3. The van der Waals surface area contributed by atoms with Crippen molar-refractivity contribution >= 4 is 33.1 Å². The maximum Gasteiger partial charge on any atom is 0.319 e. The molecule has 0 saturated carbocycles. The number of carbonyl (C=O) groups excluding carboxylic acids is 2. The Balaban J connectivity index is 1.67. The number of hydrogen-bond donors (Lipinski definition) is 0. The predicted molar refractivity (Wildman–Crippen MR) is 101 cm³/mol. The lowest BCUT2D eigenvalue weighted by Gasteiger charge is -2.44. The van der Waals surface area contributed by atoms with Crippen LogP contribution in [0.3, 0.4) is 0 Å². The Labute approximate surface area is 158 Å². The van der Waals surface area contributed by atoms with E-state index in [0.717, 1.165) is 12.8 Å². The summed E-state index contributed by atoms with van der Waals surface area (Å²) >= 11 is 1.68. The monoisotopic (exact) mass is 399 g/mol. The quantitative estimate of drug-likeness (QED) is 0.759. The molecule has 0 bridgehead atoms. The molecular formula is C17H25N3O4S2. The molecule has 1 aromatic heterocycles. The minimum Gasteiger partial charge on any atom is -0.335 e. The Hall–Kier alpha value is -1.61. The third-order valence-corrected chi connectivity index (χ3v) is 7.65. The zero-order valence-corrected chi connectivity index (χ0v) is 16.8. The lowest BCUT2D eigenvalue weighted by Crippen LogP contribution is -2.63. The summed E-state index contributed by atoms with van der Waals surface area (Å²) < 4.78 is 24.4. The molecule has 144 valence electrons. The van der Waals surface area contributed by atoms with Crippen molar-refractivity contribution < 1.29 is 18.0 Å². The van der Waals surface area contributed by atoms with Crippen molar-refractivity contribution in [1.82, 2.24) is 14.7 Å². The molecule has 0 spiro atoms. The molecule has 9 heteroatoms. The molecule has 2 aliphatic heterocycles. The SMILES string of the molecule is CN(C)C(=O)N1CCN(C(=O)CCCc2cccs2)[C@H]2CS(=O)(=O)C[C@H]21. The lowest BCUT2D eigenvalue weighted by molar-refractivity contribution is -0.136. The molecule has 26 heavy (non-hydrogen) atoms. The first-order chi connectivity index (χ1) is 12.3. The molecule has 3 rings (SSSR count). The van der Waals surface area contributed by atoms with Crippen LogP contribution >= 0.6 is 11.3 Å². The molecule has 1 aromatic rings. The van der Waals surface area contributed by atoms with E-state index < -0.39 is 21.9 Å². The molecule has 2 atom stereocenters. The van der Waals surface area contributed by atoms with Gasteiger partial charge in [-0.15, -0.1) is 11.3 Å². The molecule has 0 unspecified atom stereocenters. The zero-order chi connectivity index (χ0) is 18.9. The van der Waals surface area contributed by atoms with Gasteiger partial charge in [0.2, 0.25) is 5.91 Å². The van der Waals surface area contributed by atoms with Crippen LogP contribution in [0.1, 0.15) is 17.7 Å². The van der Waals surface area contributed by atoms with E-state index in [1.54, 1.807) is 35.2 Å². The highest BCUT2D eigenvalue weighted by molar-refractivity contribution is 7.91. The molecule has 2 saturated heterocycles. The Morgan fingerprint density at radius 3 is 2.46 bits per heavy atom. The second-order valence-electron chi connectivity index (χ2n) is 7.10. The van der Waals surface area contributed by atoms with Crippen molar-refractivity contribution in [3.05, 3.63) is 22.4 Å². The van der Waals surface area contributed by atoms with Gasteiger partial charge in [-0.1, -0.05) is 6.07 Å². The number of rotatable bonds is 4. The molecular weight excluding hydrogens is 374 g/mol. The number of piperazine rings is 1. The number of fused-ring (bicyclic) bond motifs is 1. The molecule has 7 nitrogen and oxygen atoms in total. The topological polar surface area (TPSA) is 78.0 Å². The van der Waals surface area contributed by atoms with Crippen LogP contribution in [-0.4, -0.2) is 85.8 Å². The normalized spacial score (nSPS) is 24.4. The first-order valence-corrected chi connectivity index (χ1v) is 11.5. The van der Waals surface area contributed by atoms with Crippen LogP contribution in [-0.2, 0) is 21.1 Å². The fourth-order valence-corrected chi connectivity index (χ4v) is 6.50. The van der Waals surface area contributed by atoms with E-state index in [1.807, 2.05) is 11.4 Å². The number of nitrogens with zero attached hydrogens (tertiary/aromatic N) is 3. The number of thiophene rings is 1. The molecule has 3 amide bonds. The van der Waals surface area contributed by atoms with Gasteiger partial charge in [-0.3, -0.25) is 4.79 Å². The summed E-state index contributed by atoms with van der Waals surface area (Å²) in [6.07, 6.45) is 2.01. The summed E-state index contributed by atoms with van der Waals surface area (Å²) in [5.74, 6) is -0.118. The van der Waals surface area contributed by atoms with Gasteiger partial charge < -0.3 is 14.7 Å². The van der Waals surface area contributed by atoms with Crippen LogP contribution in [0.25, 0.3) is 0 Å². The summed E-state index contributed by atoms with van der Waals surface area (Å²) in [7, 11) is 0.0633. The third-order valence-electron chi connectivity index (χ3n) is 5.02. The Kier molecular flexibility index (Phi) is 5.57. The van der Waals surface area contributed by atoms with Gasteiger partial charge >= 0.3 is 6.03 Å². The van der Waals surface area contributed by atoms with E-state index in [-0.39, 0.29) is 23.4 Å². The van der Waals surface area contributed by atoms with Crippen LogP contribution < -0.4 is 0 Å². The van der Waals surface area contributed by atoms with Crippen molar-refractivity contribution in [2.75, 3.05) is 38.7 Å². The number of urea groups is 1. The summed E-state index contributed by atoms with van der Waals surface area (Å²) in [5.41, 5.74) is 0. The maximum absolute atomic E-state index is 12.7. The van der Waals surface area contributed by atoms with E-state index in [9.17, 15) is 18.0 Å². The largest absolute Gasteiger partial charge is 0.335 e. The molecule has 0 radical (unpaired) electrons. The Morgan fingerprint density at radius 2 is 1.85 bits per heavy atom. The van der Waals surface area contributed by atoms with Gasteiger partial charge in [-0.25, -0.2) is 13.2 Å². The minimum atomic E-state index is -3.25. The number of hydrogen-bond acceptors (Lipinski definition) is 5. The van der Waals surface area contributed by atoms with Crippen molar-refractivity contribution in [3.63, 3.8) is 0 Å². The van der Waals surface area contributed by atoms with E-state index in [0.29, 0.717) is 19.5 Å². The number of aryl methyl sites for hydroxylation is 1. The van der Waals surface area contributed by atoms with Gasteiger partial charge in [0.05, 0.1) is 23.6 Å². The Bertz CT molecular complexity index is 761. The van der Waals surface area contributed by atoms with Crippen LogP contribution in [0.15, 0.2) is 17.5 Å². The van der Waals surface area contributed by atoms with Gasteiger partial charge in [0.25, 0.3) is 0 Å². The van der Waals surface area contributed by atoms with E-state index in [4.69, 9.17) is 0 Å². The summed E-state index contributed by atoms with van der Waals surface area (Å²) in [6.45, 7) is 0.776. The molecule has 2 fully saturated rings. The standard InChI is InChI=1S/C17H25N3O4S2/c1-18(2)17(22)20-9-8-19(14-11-26(23,24)12-15(14)20)16(21)7-3-5-13-6-4-10-25-13/h4,6,10,14-15H,3,5,7-9,11-12H2,1-2H3/t14-,15+/m0/s1. The molecule has 0 N–H and O–H groups in total. The number of sulfone groups is 1. The second kappa shape index (κ2) is 7.56. The van der Waals surface area contributed by atoms with Gasteiger partial charge in [0, 0.05) is 38.5 Å². The predicted octanol–water partition coefficient (Wildman–Crippen LogP) is 1.06. The maximum atomic E-state index is 12.7. The van der Waals surface area contributed by atoms with Crippen molar-refractivity contribution in [2.24, 2.45) is 0 Å². The zero-order valence-electron chi connectivity index (χ0n) is 15.1. The summed E-state index contributed by atoms with van der Waals surface area (Å²) in [4.78, 5) is 31.1. The van der Waals surface area contributed by atoms with E-state index >= 15 is 0 Å². The highest BCUT2D eigenvalue weighted by Gasteiger charge is 2.49. The van der Waals surface area contributed by atoms with Crippen LogP contribution in [0.4, 0.5) is 4.79 Å². The van der Waals surface area contributed by atoms with Crippen LogP contribution in [0.2, 0.25) is 0 Å². The Morgan fingerprint density at radius 1 is 1.19 bits per heavy atom. The molecule has 0 aromatic carbocycles. The summed E-state index contributed by atoms with van der Waals surface area (Å²) in [6, 6.07) is 3.00. The lowest BCUT2D eigenvalue weighted by atomic mass is 10.0. The average molecular weight is 400 g/mol. The van der Waals surface area contributed by atoms with Gasteiger partial charge in [0.1, 0.15) is 0 Å². The van der Waals surface area contributed by atoms with Crippen molar-refractivity contribution in [3.8, 4) is 0 Å². The van der Waals surface area contributed by atoms with E-state index in [2.05, 4.69) is 6.07 Å². The fraction of sp³-hybridized carbons (Fsp3) is 0.647. The van der Waals surface area contributed by atoms with Crippen molar-refractivity contribution in [1.29, 1.82) is 0 Å². The average Bonchev–Trinajstić information content (AvgIpc) is 3.19. The molecule has 2 aliphatic rings. The fourth-order valence-electron chi connectivity index (χ4n) is 3.77. The smallest absolute Gasteiger partial charge is 0.319 e. The van der Waals surface area contributed by atoms with E-state index in [1.165, 1.54) is 9.78 Å². The van der Waals surface area contributed by atoms with Gasteiger partial charge in [-0.05, 0) is 24.3 Å². The third kappa shape index (κ3) is 4.03. The first-order valence-electron chi connectivity index (χ1n) is 8.79. The van der Waals surface area contributed by atoms with Crippen LogP contribution in [0, 0.1) is 0 Å². The summed E-state index contributed by atoms with van der Waals surface area (Å²) in [5, 5.41) is 2.02.